The molecule has 0 spiro atoms. The van der Waals surface area contributed by atoms with Crippen LogP contribution in [0.4, 0.5) is 5.82 Å². The molecule has 1 N–H and O–H groups in total. The van der Waals surface area contributed by atoms with Crippen LogP contribution in [-0.4, -0.2) is 40.2 Å². The van der Waals surface area contributed by atoms with Crippen LogP contribution in [0.25, 0.3) is 0 Å². The minimum absolute atomic E-state index is 0.0958. The fourth-order valence-electron chi connectivity index (χ4n) is 2.79. The molecule has 0 bridgehead atoms. The average Bonchev–Trinajstić information content (AvgIpc) is 2.41. The first-order valence-electron chi connectivity index (χ1n) is 6.23. The minimum atomic E-state index is 0.0958. The zero-order valence-electron chi connectivity index (χ0n) is 10.1. The summed E-state index contributed by atoms with van der Waals surface area (Å²) in [4.78, 5) is 17.6. The first-order chi connectivity index (χ1) is 9.13. The highest BCUT2D eigenvalue weighted by Gasteiger charge is 2.34. The van der Waals surface area contributed by atoms with Gasteiger partial charge >= 0.3 is 0 Å². The molecular weight excluding hydrogens is 289 g/mol. The van der Waals surface area contributed by atoms with Crippen LogP contribution in [-0.2, 0) is 4.79 Å². The molecule has 1 aromatic rings. The average molecular weight is 302 g/mol. The molecule has 2 aliphatic heterocycles. The van der Waals surface area contributed by atoms with Gasteiger partial charge in [-0.15, -0.1) is 10.2 Å². The lowest BCUT2D eigenvalue weighted by Crippen LogP contribution is -2.54. The predicted molar refractivity (Wildman–Crippen MR) is 71.3 cm³/mol. The Bertz CT molecular complexity index is 512. The number of carbonyl (C=O) groups excluding carboxylic acids is 1. The highest BCUT2D eigenvalue weighted by molar-refractivity contribution is 6.32. The molecule has 3 rings (SSSR count). The largest absolute Gasteiger partial charge is 0.353 e. The zero-order valence-corrected chi connectivity index (χ0v) is 11.7. The third kappa shape index (κ3) is 2.60. The quantitative estimate of drug-likeness (QED) is 0.846. The van der Waals surface area contributed by atoms with E-state index in [0.29, 0.717) is 18.2 Å². The normalized spacial score (nSPS) is 26.8. The molecule has 2 fully saturated rings. The molecule has 1 amide bonds. The summed E-state index contributed by atoms with van der Waals surface area (Å²) >= 11 is 11.8. The van der Waals surface area contributed by atoms with Gasteiger partial charge in [-0.3, -0.25) is 4.79 Å². The predicted octanol–water partition coefficient (Wildman–Crippen LogP) is 1.28. The van der Waals surface area contributed by atoms with Crippen LogP contribution in [0.15, 0.2) is 0 Å². The summed E-state index contributed by atoms with van der Waals surface area (Å²) in [5, 5.41) is 10.8. The molecule has 3 heterocycles. The molecule has 0 aliphatic carbocycles. The van der Waals surface area contributed by atoms with Gasteiger partial charge in [-0.1, -0.05) is 11.6 Å². The van der Waals surface area contributed by atoms with Gasteiger partial charge in [0, 0.05) is 25.6 Å². The maximum atomic E-state index is 11.4. The summed E-state index contributed by atoms with van der Waals surface area (Å²) in [5.41, 5.74) is 0. The third-order valence-corrected chi connectivity index (χ3v) is 4.13. The molecule has 8 heteroatoms. The van der Waals surface area contributed by atoms with E-state index in [1.807, 2.05) is 0 Å². The van der Waals surface area contributed by atoms with Crippen molar-refractivity contribution in [1.82, 2.24) is 20.5 Å². The second kappa shape index (κ2) is 5.09. The Morgan fingerprint density at radius 1 is 1.26 bits per heavy atom. The number of hydrogen-bond acceptors (Lipinski definition) is 5. The first kappa shape index (κ1) is 12.9. The highest BCUT2D eigenvalue weighted by Crippen LogP contribution is 2.30. The zero-order chi connectivity index (χ0) is 13.4. The smallest absolute Gasteiger partial charge is 0.245 e. The Balaban J connectivity index is 1.77. The molecular formula is C11H13Cl2N5O. The summed E-state index contributed by atoms with van der Waals surface area (Å²) in [6.07, 6.45) is 2.37. The van der Waals surface area contributed by atoms with Crippen LogP contribution in [0.1, 0.15) is 19.3 Å². The van der Waals surface area contributed by atoms with E-state index in [4.69, 9.17) is 23.2 Å². The van der Waals surface area contributed by atoms with E-state index >= 15 is 0 Å². The molecule has 0 saturated carbocycles. The SMILES string of the molecule is O=C1CCC2CN(c3nc(Cl)nnc3Cl)CCC2N1. The molecule has 1 aromatic heterocycles. The number of hydrogen-bond donors (Lipinski definition) is 1. The fraction of sp³-hybridized carbons (Fsp3) is 0.636. The van der Waals surface area contributed by atoms with Gasteiger partial charge in [-0.25, -0.2) is 0 Å². The second-order valence-corrected chi connectivity index (χ2v) is 5.60. The van der Waals surface area contributed by atoms with Crippen molar-refractivity contribution in [3.8, 4) is 0 Å². The molecule has 6 nitrogen and oxygen atoms in total. The van der Waals surface area contributed by atoms with Crippen molar-refractivity contribution in [2.24, 2.45) is 5.92 Å². The Hall–Kier alpha value is -1.14. The minimum Gasteiger partial charge on any atom is -0.353 e. The van der Waals surface area contributed by atoms with E-state index in [1.165, 1.54) is 0 Å². The van der Waals surface area contributed by atoms with E-state index in [1.54, 1.807) is 0 Å². The summed E-state index contributed by atoms with van der Waals surface area (Å²) in [7, 11) is 0. The number of halogens is 2. The van der Waals surface area contributed by atoms with Gasteiger partial charge in [-0.2, -0.15) is 4.98 Å². The number of anilines is 1. The van der Waals surface area contributed by atoms with E-state index in [2.05, 4.69) is 25.4 Å². The van der Waals surface area contributed by atoms with Crippen molar-refractivity contribution in [3.63, 3.8) is 0 Å². The Morgan fingerprint density at radius 3 is 2.95 bits per heavy atom. The maximum Gasteiger partial charge on any atom is 0.245 e. The number of fused-ring (bicyclic) bond motifs is 1. The number of rotatable bonds is 1. The van der Waals surface area contributed by atoms with Crippen LogP contribution in [0, 0.1) is 5.92 Å². The molecule has 2 saturated heterocycles. The van der Waals surface area contributed by atoms with E-state index < -0.39 is 0 Å². The lowest BCUT2D eigenvalue weighted by atomic mass is 9.85. The van der Waals surface area contributed by atoms with Crippen molar-refractivity contribution < 1.29 is 4.79 Å². The molecule has 102 valence electrons. The molecule has 2 atom stereocenters. The number of nitrogens with one attached hydrogen (secondary N) is 1. The van der Waals surface area contributed by atoms with Crippen molar-refractivity contribution in [2.75, 3.05) is 18.0 Å². The molecule has 19 heavy (non-hydrogen) atoms. The van der Waals surface area contributed by atoms with E-state index in [0.717, 1.165) is 25.9 Å². The first-order valence-corrected chi connectivity index (χ1v) is 6.99. The Morgan fingerprint density at radius 2 is 2.11 bits per heavy atom. The Kier molecular flexibility index (Phi) is 3.45. The van der Waals surface area contributed by atoms with Crippen LogP contribution >= 0.6 is 23.2 Å². The van der Waals surface area contributed by atoms with Gasteiger partial charge in [-0.05, 0) is 30.4 Å². The van der Waals surface area contributed by atoms with Crippen LogP contribution < -0.4 is 10.2 Å². The standard InChI is InChI=1S/C11H13Cl2N5O/c12-9-10(15-11(13)17-16-9)18-4-3-7-6(5-18)1-2-8(19)14-7/h6-7H,1-5H2,(H,14,19). The monoisotopic (exact) mass is 301 g/mol. The number of piperidine rings is 2. The summed E-state index contributed by atoms with van der Waals surface area (Å²) in [6.45, 7) is 1.58. The van der Waals surface area contributed by atoms with Gasteiger partial charge in [0.05, 0.1) is 0 Å². The van der Waals surface area contributed by atoms with Gasteiger partial charge in [0.2, 0.25) is 11.2 Å². The number of amides is 1. The summed E-state index contributed by atoms with van der Waals surface area (Å²) in [6, 6.07) is 0.265. The molecule has 2 unspecified atom stereocenters. The molecule has 2 aliphatic rings. The van der Waals surface area contributed by atoms with Crippen LogP contribution in [0.3, 0.4) is 0 Å². The topological polar surface area (TPSA) is 71.0 Å². The lowest BCUT2D eigenvalue weighted by Gasteiger charge is -2.41. The van der Waals surface area contributed by atoms with Gasteiger partial charge < -0.3 is 10.2 Å². The van der Waals surface area contributed by atoms with Crippen molar-refractivity contribution >= 4 is 34.9 Å². The van der Waals surface area contributed by atoms with Gasteiger partial charge in [0.25, 0.3) is 0 Å². The maximum absolute atomic E-state index is 11.4. The van der Waals surface area contributed by atoms with Crippen molar-refractivity contribution in [2.45, 2.75) is 25.3 Å². The highest BCUT2D eigenvalue weighted by atomic mass is 35.5. The third-order valence-electron chi connectivity index (χ3n) is 3.73. The number of nitrogens with zero attached hydrogens (tertiary/aromatic N) is 4. The molecule has 0 aromatic carbocycles. The van der Waals surface area contributed by atoms with Crippen molar-refractivity contribution in [3.05, 3.63) is 10.4 Å². The Labute approximate surface area is 120 Å². The fourth-order valence-corrected chi connectivity index (χ4v) is 3.11. The van der Waals surface area contributed by atoms with Crippen LogP contribution in [0.5, 0.6) is 0 Å². The van der Waals surface area contributed by atoms with E-state index in [-0.39, 0.29) is 22.4 Å². The van der Waals surface area contributed by atoms with Gasteiger partial charge in [0.1, 0.15) is 0 Å². The second-order valence-electron chi connectivity index (χ2n) is 4.90. The summed E-state index contributed by atoms with van der Waals surface area (Å²) in [5.74, 6) is 1.16. The van der Waals surface area contributed by atoms with E-state index in [9.17, 15) is 4.79 Å². The number of aromatic nitrogens is 3. The summed E-state index contributed by atoms with van der Waals surface area (Å²) < 4.78 is 0. The number of carbonyl (C=O) groups is 1. The van der Waals surface area contributed by atoms with Gasteiger partial charge in [0.15, 0.2) is 11.0 Å². The van der Waals surface area contributed by atoms with Crippen molar-refractivity contribution in [1.29, 1.82) is 0 Å². The van der Waals surface area contributed by atoms with Crippen LogP contribution in [0.2, 0.25) is 10.4 Å². The molecule has 0 radical (unpaired) electrons. The lowest BCUT2D eigenvalue weighted by molar-refractivity contribution is -0.124.